The second-order valence-corrected chi connectivity index (χ2v) is 5.60. The second-order valence-electron chi connectivity index (χ2n) is 2.73. The van der Waals surface area contributed by atoms with Crippen LogP contribution in [0.4, 0.5) is 8.78 Å². The van der Waals surface area contributed by atoms with Crippen molar-refractivity contribution >= 4 is 59.9 Å². The molecule has 1 heterocycles. The quantitative estimate of drug-likeness (QED) is 0.588. The van der Waals surface area contributed by atoms with Gasteiger partial charge < -0.3 is 0 Å². The van der Waals surface area contributed by atoms with Crippen LogP contribution in [0.2, 0.25) is 0 Å². The van der Waals surface area contributed by atoms with Crippen molar-refractivity contribution in [2.24, 2.45) is 0 Å². The number of hydrogen-bond donors (Lipinski definition) is 0. The van der Waals surface area contributed by atoms with Crippen LogP contribution in [0.5, 0.6) is 0 Å². The maximum Gasteiger partial charge on any atom is 0.265 e. The summed E-state index contributed by atoms with van der Waals surface area (Å²) >= 11 is 6.78. The van der Waals surface area contributed by atoms with Gasteiger partial charge in [-0.15, -0.1) is 11.3 Å². The first-order valence-electron chi connectivity index (χ1n) is 3.74. The van der Waals surface area contributed by atoms with Crippen molar-refractivity contribution in [3.05, 3.63) is 31.1 Å². The highest BCUT2D eigenvalue weighted by molar-refractivity contribution is 14.1. The van der Waals surface area contributed by atoms with E-state index in [9.17, 15) is 8.78 Å². The molecule has 0 atom stereocenters. The molecule has 0 N–H and O–H groups in total. The lowest BCUT2D eigenvalue weighted by Gasteiger charge is -2.05. The Bertz CT molecular complexity index is 481. The minimum Gasteiger partial charge on any atom is -0.205 e. The Kier molecular flexibility index (Phi) is 3.09. The number of hydrogen-bond acceptors (Lipinski definition) is 1. The molecule has 0 aliphatic rings. The normalized spacial score (nSPS) is 11.5. The van der Waals surface area contributed by atoms with Crippen molar-refractivity contribution < 1.29 is 8.78 Å². The van der Waals surface area contributed by atoms with E-state index in [4.69, 9.17) is 0 Å². The van der Waals surface area contributed by atoms with Crippen molar-refractivity contribution in [1.82, 2.24) is 0 Å². The summed E-state index contributed by atoms with van der Waals surface area (Å²) in [6.45, 7) is 0. The number of alkyl halides is 2. The molecule has 1 aromatic heterocycles. The average Bonchev–Trinajstić information content (AvgIpc) is 2.59. The largest absolute Gasteiger partial charge is 0.265 e. The number of rotatable bonds is 1. The van der Waals surface area contributed by atoms with E-state index in [2.05, 4.69) is 38.5 Å². The first-order chi connectivity index (χ1) is 6.61. The van der Waals surface area contributed by atoms with Gasteiger partial charge in [-0.3, -0.25) is 0 Å². The highest BCUT2D eigenvalue weighted by Gasteiger charge is 2.16. The van der Waals surface area contributed by atoms with E-state index >= 15 is 0 Å². The molecule has 0 nitrogen and oxygen atoms in total. The molecule has 14 heavy (non-hydrogen) atoms. The maximum atomic E-state index is 12.6. The molecule has 0 bridgehead atoms. The second kappa shape index (κ2) is 4.02. The Labute approximate surface area is 106 Å². The average molecular weight is 389 g/mol. The van der Waals surface area contributed by atoms with Crippen LogP contribution in [0, 0.1) is 3.57 Å². The molecule has 0 unspecified atom stereocenters. The van der Waals surface area contributed by atoms with Gasteiger partial charge in [0.15, 0.2) is 0 Å². The summed E-state index contributed by atoms with van der Waals surface area (Å²) < 4.78 is 27.5. The van der Waals surface area contributed by atoms with Gasteiger partial charge in [0, 0.05) is 23.7 Å². The van der Waals surface area contributed by atoms with E-state index in [1.165, 1.54) is 17.4 Å². The molecule has 0 aliphatic heterocycles. The van der Waals surface area contributed by atoms with Crippen LogP contribution in [-0.4, -0.2) is 0 Å². The molecule has 0 radical (unpaired) electrons. The standard InChI is InChI=1S/C9H4BrF2IS/c10-7-5(9(11)12)3-6(13)4-1-2-14-8(4)7/h1-3,9H. The van der Waals surface area contributed by atoms with Crippen LogP contribution in [0.25, 0.3) is 10.1 Å². The van der Waals surface area contributed by atoms with E-state index in [0.29, 0.717) is 4.47 Å². The first kappa shape index (κ1) is 10.8. The molecule has 0 spiro atoms. The Balaban J connectivity index is 2.82. The highest BCUT2D eigenvalue weighted by Crippen LogP contribution is 2.38. The van der Waals surface area contributed by atoms with Gasteiger partial charge in [-0.1, -0.05) is 0 Å². The molecular weight excluding hydrogens is 385 g/mol. The minimum atomic E-state index is -2.43. The molecular formula is C9H4BrF2IS. The molecule has 5 heteroatoms. The molecule has 1 aromatic carbocycles. The topological polar surface area (TPSA) is 0 Å². The number of benzene rings is 1. The summed E-state index contributed by atoms with van der Waals surface area (Å²) in [5.74, 6) is 0. The van der Waals surface area contributed by atoms with Gasteiger partial charge >= 0.3 is 0 Å². The fourth-order valence-corrected chi connectivity index (χ4v) is 3.85. The summed E-state index contributed by atoms with van der Waals surface area (Å²) in [5.41, 5.74) is 0.0735. The lowest BCUT2D eigenvalue weighted by Crippen LogP contribution is -1.88. The molecule has 0 amide bonds. The Morgan fingerprint density at radius 3 is 2.79 bits per heavy atom. The number of halogens is 4. The Morgan fingerprint density at radius 1 is 1.43 bits per heavy atom. The zero-order valence-electron chi connectivity index (χ0n) is 6.73. The van der Waals surface area contributed by atoms with Gasteiger partial charge in [-0.05, 0) is 56.0 Å². The van der Waals surface area contributed by atoms with E-state index < -0.39 is 6.43 Å². The third kappa shape index (κ3) is 1.69. The van der Waals surface area contributed by atoms with E-state index in [1.807, 2.05) is 11.4 Å². The van der Waals surface area contributed by atoms with Crippen molar-refractivity contribution in [2.45, 2.75) is 6.43 Å². The molecule has 0 saturated carbocycles. The van der Waals surface area contributed by atoms with Gasteiger partial charge in [-0.2, -0.15) is 0 Å². The predicted molar refractivity (Wildman–Crippen MR) is 67.2 cm³/mol. The third-order valence-corrected chi connectivity index (χ3v) is 4.83. The fourth-order valence-electron chi connectivity index (χ4n) is 1.23. The molecule has 0 saturated heterocycles. The van der Waals surface area contributed by atoms with Crippen LogP contribution >= 0.6 is 49.9 Å². The summed E-state index contributed by atoms with van der Waals surface area (Å²) in [5, 5.41) is 2.94. The van der Waals surface area contributed by atoms with Gasteiger partial charge in [0.05, 0.1) is 0 Å². The van der Waals surface area contributed by atoms with Crippen molar-refractivity contribution in [3.63, 3.8) is 0 Å². The highest BCUT2D eigenvalue weighted by atomic mass is 127. The molecule has 0 fully saturated rings. The molecule has 2 rings (SSSR count). The predicted octanol–water partition coefficient (Wildman–Crippen LogP) is 5.21. The summed E-state index contributed by atoms with van der Waals surface area (Å²) in [4.78, 5) is 0. The van der Waals surface area contributed by atoms with E-state index in [-0.39, 0.29) is 5.56 Å². The number of thiophene rings is 1. The Hall–Kier alpha value is 0.250. The van der Waals surface area contributed by atoms with Gasteiger partial charge in [0.25, 0.3) is 6.43 Å². The fraction of sp³-hybridized carbons (Fsp3) is 0.111. The summed E-state index contributed by atoms with van der Waals surface area (Å²) in [6, 6.07) is 3.48. The lowest BCUT2D eigenvalue weighted by molar-refractivity contribution is 0.150. The van der Waals surface area contributed by atoms with Crippen molar-refractivity contribution in [1.29, 1.82) is 0 Å². The monoisotopic (exact) mass is 388 g/mol. The smallest absolute Gasteiger partial charge is 0.205 e. The summed E-state index contributed by atoms with van der Waals surface area (Å²) in [6.07, 6.45) is -2.43. The van der Waals surface area contributed by atoms with Crippen LogP contribution in [-0.2, 0) is 0 Å². The molecule has 0 aliphatic carbocycles. The minimum absolute atomic E-state index is 0.0735. The van der Waals surface area contributed by atoms with E-state index in [0.717, 1.165) is 13.7 Å². The molecule has 74 valence electrons. The zero-order valence-corrected chi connectivity index (χ0v) is 11.3. The maximum absolute atomic E-state index is 12.6. The van der Waals surface area contributed by atoms with E-state index in [1.54, 1.807) is 0 Å². The van der Waals surface area contributed by atoms with Crippen LogP contribution in [0.3, 0.4) is 0 Å². The Morgan fingerprint density at radius 2 is 2.14 bits per heavy atom. The van der Waals surface area contributed by atoms with Gasteiger partial charge in [0.1, 0.15) is 0 Å². The number of fused-ring (bicyclic) bond motifs is 1. The van der Waals surface area contributed by atoms with Gasteiger partial charge in [0.2, 0.25) is 0 Å². The van der Waals surface area contributed by atoms with Crippen LogP contribution in [0.15, 0.2) is 22.0 Å². The van der Waals surface area contributed by atoms with Crippen molar-refractivity contribution in [3.8, 4) is 0 Å². The zero-order chi connectivity index (χ0) is 10.3. The van der Waals surface area contributed by atoms with Crippen molar-refractivity contribution in [2.75, 3.05) is 0 Å². The van der Waals surface area contributed by atoms with Crippen LogP contribution < -0.4 is 0 Å². The first-order valence-corrected chi connectivity index (χ1v) is 6.49. The SMILES string of the molecule is FC(F)c1cc(I)c2ccsc2c1Br. The van der Waals surface area contributed by atoms with Gasteiger partial charge in [-0.25, -0.2) is 8.78 Å². The van der Waals surface area contributed by atoms with Crippen LogP contribution in [0.1, 0.15) is 12.0 Å². The lowest BCUT2D eigenvalue weighted by atomic mass is 10.2. The third-order valence-electron chi connectivity index (χ3n) is 1.89. The summed E-state index contributed by atoms with van der Waals surface area (Å²) in [7, 11) is 0. The molecule has 2 aromatic rings.